The van der Waals surface area contributed by atoms with Gasteiger partial charge in [0.1, 0.15) is 5.60 Å². The number of ether oxygens (including phenoxy) is 1. The Morgan fingerprint density at radius 1 is 1.20 bits per heavy atom. The summed E-state index contributed by atoms with van der Waals surface area (Å²) in [6.45, 7) is 11.6. The van der Waals surface area contributed by atoms with Crippen molar-refractivity contribution in [2.24, 2.45) is 0 Å². The van der Waals surface area contributed by atoms with Gasteiger partial charge in [0, 0.05) is 19.1 Å². The molecular formula is C17H27NO2. The first kappa shape index (κ1) is 16.7. The highest BCUT2D eigenvalue weighted by Crippen LogP contribution is 2.11. The van der Waals surface area contributed by atoms with E-state index in [-0.39, 0.29) is 5.97 Å². The van der Waals surface area contributed by atoms with Crippen LogP contribution in [0.4, 0.5) is 0 Å². The summed E-state index contributed by atoms with van der Waals surface area (Å²) in [6, 6.07) is 10.7. The molecule has 0 atom stereocenters. The van der Waals surface area contributed by atoms with Gasteiger partial charge in [-0.2, -0.15) is 0 Å². The highest BCUT2D eigenvalue weighted by Gasteiger charge is 2.18. The molecule has 0 amide bonds. The lowest BCUT2D eigenvalue weighted by Crippen LogP contribution is -2.34. The van der Waals surface area contributed by atoms with Crippen molar-refractivity contribution < 1.29 is 9.53 Å². The Morgan fingerprint density at radius 3 is 2.30 bits per heavy atom. The molecule has 0 unspecified atom stereocenters. The first-order valence-electron chi connectivity index (χ1n) is 7.28. The lowest BCUT2D eigenvalue weighted by atomic mass is 10.1. The zero-order chi connectivity index (χ0) is 15.2. The van der Waals surface area contributed by atoms with Crippen LogP contribution in [-0.2, 0) is 16.1 Å². The topological polar surface area (TPSA) is 29.5 Å². The minimum atomic E-state index is -0.404. The van der Waals surface area contributed by atoms with Crippen LogP contribution in [-0.4, -0.2) is 29.1 Å². The zero-order valence-electron chi connectivity index (χ0n) is 13.3. The molecule has 3 nitrogen and oxygen atoms in total. The molecule has 1 aromatic rings. The molecule has 0 N–H and O–H groups in total. The average Bonchev–Trinajstić information content (AvgIpc) is 2.33. The van der Waals surface area contributed by atoms with E-state index in [9.17, 15) is 4.79 Å². The summed E-state index contributed by atoms with van der Waals surface area (Å²) in [4.78, 5) is 14.1. The minimum Gasteiger partial charge on any atom is -0.460 e. The Morgan fingerprint density at radius 2 is 1.80 bits per heavy atom. The molecule has 0 saturated heterocycles. The van der Waals surface area contributed by atoms with Crippen molar-refractivity contribution in [3.05, 3.63) is 35.9 Å². The fraction of sp³-hybridized carbons (Fsp3) is 0.588. The maximum atomic E-state index is 11.8. The maximum Gasteiger partial charge on any atom is 0.307 e. The highest BCUT2D eigenvalue weighted by atomic mass is 16.6. The van der Waals surface area contributed by atoms with Gasteiger partial charge in [-0.05, 0) is 40.2 Å². The van der Waals surface area contributed by atoms with Gasteiger partial charge < -0.3 is 4.74 Å². The normalized spacial score (nSPS) is 11.9. The Bertz CT molecular complexity index is 407. The van der Waals surface area contributed by atoms with E-state index in [0.717, 1.165) is 13.1 Å². The van der Waals surface area contributed by atoms with Crippen LogP contribution in [0.1, 0.15) is 46.6 Å². The van der Waals surface area contributed by atoms with E-state index < -0.39 is 5.60 Å². The monoisotopic (exact) mass is 277 g/mol. The smallest absolute Gasteiger partial charge is 0.307 e. The van der Waals surface area contributed by atoms with Gasteiger partial charge >= 0.3 is 5.97 Å². The number of rotatable bonds is 6. The third-order valence-electron chi connectivity index (χ3n) is 2.98. The molecule has 0 aromatic heterocycles. The quantitative estimate of drug-likeness (QED) is 0.744. The molecule has 112 valence electrons. The molecule has 0 bridgehead atoms. The molecule has 0 heterocycles. The van der Waals surface area contributed by atoms with E-state index in [1.165, 1.54) is 5.56 Å². The molecule has 0 spiro atoms. The zero-order valence-corrected chi connectivity index (χ0v) is 13.3. The summed E-state index contributed by atoms with van der Waals surface area (Å²) in [7, 11) is 0. The van der Waals surface area contributed by atoms with Crippen LogP contribution in [0.3, 0.4) is 0 Å². The highest BCUT2D eigenvalue weighted by molar-refractivity contribution is 5.70. The SMILES string of the molecule is CC(C)N(CCC(=O)OC(C)(C)C)Cc1ccccc1. The van der Waals surface area contributed by atoms with E-state index in [4.69, 9.17) is 4.74 Å². The summed E-state index contributed by atoms with van der Waals surface area (Å²) in [5, 5.41) is 0. The number of hydrogen-bond acceptors (Lipinski definition) is 3. The largest absolute Gasteiger partial charge is 0.460 e. The Hall–Kier alpha value is -1.35. The van der Waals surface area contributed by atoms with Crippen LogP contribution in [0.5, 0.6) is 0 Å². The van der Waals surface area contributed by atoms with E-state index in [2.05, 4.69) is 30.9 Å². The summed E-state index contributed by atoms with van der Waals surface area (Å²) < 4.78 is 5.35. The molecule has 0 aliphatic heterocycles. The van der Waals surface area contributed by atoms with Gasteiger partial charge in [-0.3, -0.25) is 9.69 Å². The molecule has 0 fully saturated rings. The molecule has 0 aliphatic rings. The number of benzene rings is 1. The summed E-state index contributed by atoms with van der Waals surface area (Å²) in [5.74, 6) is -0.129. The molecular weight excluding hydrogens is 250 g/mol. The lowest BCUT2D eigenvalue weighted by Gasteiger charge is -2.27. The van der Waals surface area contributed by atoms with E-state index >= 15 is 0 Å². The van der Waals surface area contributed by atoms with Crippen molar-refractivity contribution in [1.29, 1.82) is 0 Å². The van der Waals surface area contributed by atoms with Gasteiger partial charge in [-0.1, -0.05) is 30.3 Å². The molecule has 20 heavy (non-hydrogen) atoms. The molecule has 0 radical (unpaired) electrons. The second-order valence-corrected chi connectivity index (χ2v) is 6.39. The predicted molar refractivity (Wildman–Crippen MR) is 82.5 cm³/mol. The first-order chi connectivity index (χ1) is 9.28. The Balaban J connectivity index is 2.50. The van der Waals surface area contributed by atoms with Gasteiger partial charge in [0.25, 0.3) is 0 Å². The third-order valence-corrected chi connectivity index (χ3v) is 2.98. The van der Waals surface area contributed by atoms with Gasteiger partial charge in [0.05, 0.1) is 6.42 Å². The van der Waals surface area contributed by atoms with E-state index in [1.54, 1.807) is 0 Å². The van der Waals surface area contributed by atoms with Crippen LogP contribution in [0.2, 0.25) is 0 Å². The van der Waals surface area contributed by atoms with Crippen LogP contribution in [0.15, 0.2) is 30.3 Å². The van der Waals surface area contributed by atoms with Crippen LogP contribution in [0, 0.1) is 0 Å². The maximum absolute atomic E-state index is 11.8. The second kappa shape index (κ2) is 7.44. The van der Waals surface area contributed by atoms with Gasteiger partial charge in [-0.15, -0.1) is 0 Å². The van der Waals surface area contributed by atoms with Crippen LogP contribution >= 0.6 is 0 Å². The van der Waals surface area contributed by atoms with E-state index in [1.807, 2.05) is 39.0 Å². The van der Waals surface area contributed by atoms with Gasteiger partial charge in [0.2, 0.25) is 0 Å². The van der Waals surface area contributed by atoms with E-state index in [0.29, 0.717) is 12.5 Å². The number of nitrogens with zero attached hydrogens (tertiary/aromatic N) is 1. The predicted octanol–water partition coefficient (Wildman–Crippen LogP) is 3.63. The molecule has 0 saturated carbocycles. The lowest BCUT2D eigenvalue weighted by molar-refractivity contribution is -0.155. The number of carbonyl (C=O) groups is 1. The molecule has 1 aromatic carbocycles. The third kappa shape index (κ3) is 6.71. The van der Waals surface area contributed by atoms with Crippen molar-refractivity contribution in [3.8, 4) is 0 Å². The Kier molecular flexibility index (Phi) is 6.21. The molecule has 0 aliphatic carbocycles. The number of hydrogen-bond donors (Lipinski definition) is 0. The first-order valence-corrected chi connectivity index (χ1v) is 7.28. The average molecular weight is 277 g/mol. The summed E-state index contributed by atoms with van der Waals surface area (Å²) in [5.41, 5.74) is 0.865. The fourth-order valence-corrected chi connectivity index (χ4v) is 1.97. The summed E-state index contributed by atoms with van der Waals surface area (Å²) >= 11 is 0. The number of esters is 1. The van der Waals surface area contributed by atoms with Gasteiger partial charge in [-0.25, -0.2) is 0 Å². The van der Waals surface area contributed by atoms with Crippen molar-refractivity contribution >= 4 is 5.97 Å². The van der Waals surface area contributed by atoms with Gasteiger partial charge in [0.15, 0.2) is 0 Å². The standard InChI is InChI=1S/C17H27NO2/c1-14(2)18(13-15-9-7-6-8-10-15)12-11-16(19)20-17(3,4)5/h6-10,14H,11-13H2,1-5H3. The number of carbonyl (C=O) groups excluding carboxylic acids is 1. The van der Waals surface area contributed by atoms with Crippen molar-refractivity contribution in [2.75, 3.05) is 6.54 Å². The fourth-order valence-electron chi connectivity index (χ4n) is 1.97. The van der Waals surface area contributed by atoms with Crippen molar-refractivity contribution in [3.63, 3.8) is 0 Å². The molecule has 1 rings (SSSR count). The van der Waals surface area contributed by atoms with Crippen molar-refractivity contribution in [1.82, 2.24) is 4.90 Å². The van der Waals surface area contributed by atoms with Crippen LogP contribution < -0.4 is 0 Å². The molecule has 3 heteroatoms. The Labute approximate surface area is 122 Å². The summed E-state index contributed by atoms with van der Waals surface area (Å²) in [6.07, 6.45) is 0.433. The van der Waals surface area contributed by atoms with Crippen LogP contribution in [0.25, 0.3) is 0 Å². The second-order valence-electron chi connectivity index (χ2n) is 6.39. The van der Waals surface area contributed by atoms with Crippen molar-refractivity contribution in [2.45, 2.75) is 59.2 Å². The minimum absolute atomic E-state index is 0.129.